The molecule has 21 heavy (non-hydrogen) atoms. The number of ether oxygens (including phenoxy) is 1. The van der Waals surface area contributed by atoms with Gasteiger partial charge >= 0.3 is 12.0 Å². The number of hydrogen-bond donors (Lipinski definition) is 2. The summed E-state index contributed by atoms with van der Waals surface area (Å²) in [6.07, 6.45) is 1.63. The normalized spacial score (nSPS) is 10.2. The maximum Gasteiger partial charge on any atom is 0.323 e. The number of rotatable bonds is 8. The summed E-state index contributed by atoms with van der Waals surface area (Å²) in [5, 5.41) is 11.7. The first-order valence-corrected chi connectivity index (χ1v) is 6.87. The highest BCUT2D eigenvalue weighted by molar-refractivity contribution is 5.96. The molecule has 0 saturated heterocycles. The Hall–Kier alpha value is -2.08. The molecular formula is C15H22N2O4. The molecule has 0 fully saturated rings. The van der Waals surface area contributed by atoms with Gasteiger partial charge in [0.05, 0.1) is 0 Å². The fourth-order valence-electron chi connectivity index (χ4n) is 1.80. The molecule has 0 atom stereocenters. The molecule has 0 bridgehead atoms. The summed E-state index contributed by atoms with van der Waals surface area (Å²) < 4.78 is 4.93. The van der Waals surface area contributed by atoms with Gasteiger partial charge in [0, 0.05) is 25.9 Å². The van der Waals surface area contributed by atoms with Crippen LogP contribution in [0.3, 0.4) is 0 Å². The number of nitrogens with zero attached hydrogens (tertiary/aromatic N) is 1. The SMILES string of the molecule is COCCCCNC(=O)N(CC(=O)O)c1ccc(C)cc1. The molecule has 0 aliphatic heterocycles. The number of aliphatic carboxylic acids is 1. The molecule has 0 aromatic heterocycles. The van der Waals surface area contributed by atoms with E-state index in [-0.39, 0.29) is 6.54 Å². The lowest BCUT2D eigenvalue weighted by Crippen LogP contribution is -2.43. The Bertz CT molecular complexity index is 459. The number of anilines is 1. The lowest BCUT2D eigenvalue weighted by Gasteiger charge is -2.21. The van der Waals surface area contributed by atoms with Crippen LogP contribution in [-0.4, -0.2) is 43.9 Å². The van der Waals surface area contributed by atoms with Crippen LogP contribution in [0.4, 0.5) is 10.5 Å². The van der Waals surface area contributed by atoms with Gasteiger partial charge in [-0.2, -0.15) is 0 Å². The van der Waals surface area contributed by atoms with Crippen LogP contribution in [0.1, 0.15) is 18.4 Å². The zero-order valence-electron chi connectivity index (χ0n) is 12.5. The first-order chi connectivity index (χ1) is 10.0. The molecular weight excluding hydrogens is 272 g/mol. The third-order valence-corrected chi connectivity index (χ3v) is 2.94. The second-order valence-corrected chi connectivity index (χ2v) is 4.75. The minimum atomic E-state index is -1.05. The van der Waals surface area contributed by atoms with Gasteiger partial charge in [0.2, 0.25) is 0 Å². The lowest BCUT2D eigenvalue weighted by molar-refractivity contribution is -0.135. The van der Waals surface area contributed by atoms with Crippen molar-refractivity contribution >= 4 is 17.7 Å². The standard InChI is InChI=1S/C15H22N2O4/c1-12-5-7-13(8-6-12)17(11-14(18)19)15(20)16-9-3-4-10-21-2/h5-8H,3-4,9-11H2,1-2H3,(H,16,20)(H,18,19). The summed E-state index contributed by atoms with van der Waals surface area (Å²) in [5.41, 5.74) is 1.62. The molecule has 0 radical (unpaired) electrons. The molecule has 0 heterocycles. The maximum atomic E-state index is 12.1. The van der Waals surface area contributed by atoms with Crippen molar-refractivity contribution in [2.45, 2.75) is 19.8 Å². The van der Waals surface area contributed by atoms with E-state index < -0.39 is 12.0 Å². The number of nitrogens with one attached hydrogen (secondary N) is 1. The molecule has 2 N–H and O–H groups in total. The fraction of sp³-hybridized carbons (Fsp3) is 0.467. The minimum absolute atomic E-state index is 0.368. The van der Waals surface area contributed by atoms with Crippen molar-refractivity contribution < 1.29 is 19.4 Å². The molecule has 1 rings (SSSR count). The predicted octanol–water partition coefficient (Wildman–Crippen LogP) is 2.02. The summed E-state index contributed by atoms with van der Waals surface area (Å²) in [6, 6.07) is 6.76. The maximum absolute atomic E-state index is 12.1. The Morgan fingerprint density at radius 3 is 2.48 bits per heavy atom. The average molecular weight is 294 g/mol. The number of carbonyl (C=O) groups excluding carboxylic acids is 1. The van der Waals surface area contributed by atoms with E-state index in [1.54, 1.807) is 19.2 Å². The van der Waals surface area contributed by atoms with E-state index in [9.17, 15) is 9.59 Å². The van der Waals surface area contributed by atoms with E-state index in [4.69, 9.17) is 9.84 Å². The molecule has 0 spiro atoms. The van der Waals surface area contributed by atoms with Crippen LogP contribution in [0.5, 0.6) is 0 Å². The minimum Gasteiger partial charge on any atom is -0.480 e. The summed E-state index contributed by atoms with van der Waals surface area (Å²) in [4.78, 5) is 24.3. The Morgan fingerprint density at radius 2 is 1.90 bits per heavy atom. The van der Waals surface area contributed by atoms with Gasteiger partial charge in [0.1, 0.15) is 6.54 Å². The van der Waals surface area contributed by atoms with Gasteiger partial charge in [-0.15, -0.1) is 0 Å². The van der Waals surface area contributed by atoms with Crippen molar-refractivity contribution in [1.29, 1.82) is 0 Å². The van der Waals surface area contributed by atoms with Crippen LogP contribution >= 0.6 is 0 Å². The van der Waals surface area contributed by atoms with Crippen LogP contribution in [-0.2, 0) is 9.53 Å². The van der Waals surface area contributed by atoms with E-state index in [0.717, 1.165) is 18.4 Å². The smallest absolute Gasteiger partial charge is 0.323 e. The molecule has 6 nitrogen and oxygen atoms in total. The molecule has 2 amide bonds. The van der Waals surface area contributed by atoms with E-state index in [1.807, 2.05) is 19.1 Å². The van der Waals surface area contributed by atoms with Gasteiger partial charge in [0.25, 0.3) is 0 Å². The number of amides is 2. The van der Waals surface area contributed by atoms with Gasteiger partial charge in [-0.25, -0.2) is 4.79 Å². The van der Waals surface area contributed by atoms with Crippen LogP contribution in [0.15, 0.2) is 24.3 Å². The van der Waals surface area contributed by atoms with Gasteiger partial charge in [-0.05, 0) is 31.9 Å². The summed E-state index contributed by atoms with van der Waals surface area (Å²) in [6.45, 7) is 2.70. The fourth-order valence-corrected chi connectivity index (χ4v) is 1.80. The van der Waals surface area contributed by atoms with Crippen molar-refractivity contribution in [2.24, 2.45) is 0 Å². The number of carboxylic acids is 1. The largest absolute Gasteiger partial charge is 0.480 e. The second kappa shape index (κ2) is 8.97. The molecule has 1 aromatic rings. The second-order valence-electron chi connectivity index (χ2n) is 4.75. The Morgan fingerprint density at radius 1 is 1.24 bits per heavy atom. The van der Waals surface area contributed by atoms with Gasteiger partial charge in [0.15, 0.2) is 0 Å². The highest BCUT2D eigenvalue weighted by atomic mass is 16.5. The average Bonchev–Trinajstić information content (AvgIpc) is 2.45. The van der Waals surface area contributed by atoms with E-state index in [1.165, 1.54) is 4.90 Å². The molecule has 116 valence electrons. The Kier molecular flexibility index (Phi) is 7.25. The first-order valence-electron chi connectivity index (χ1n) is 6.87. The number of urea groups is 1. The lowest BCUT2D eigenvalue weighted by atomic mass is 10.2. The van der Waals surface area contributed by atoms with Crippen molar-refractivity contribution in [3.8, 4) is 0 Å². The molecule has 0 unspecified atom stereocenters. The Balaban J connectivity index is 2.62. The van der Waals surface area contributed by atoms with Crippen molar-refractivity contribution in [2.75, 3.05) is 31.7 Å². The van der Waals surface area contributed by atoms with Crippen LogP contribution in [0.2, 0.25) is 0 Å². The van der Waals surface area contributed by atoms with E-state index in [2.05, 4.69) is 5.32 Å². The van der Waals surface area contributed by atoms with Gasteiger partial charge in [-0.3, -0.25) is 9.69 Å². The van der Waals surface area contributed by atoms with Crippen LogP contribution < -0.4 is 10.2 Å². The number of carboxylic acid groups (broad SMARTS) is 1. The molecule has 6 heteroatoms. The number of benzene rings is 1. The number of carbonyl (C=O) groups is 2. The summed E-state index contributed by atoms with van der Waals surface area (Å²) in [7, 11) is 1.63. The van der Waals surface area contributed by atoms with Crippen molar-refractivity contribution in [1.82, 2.24) is 5.32 Å². The quantitative estimate of drug-likeness (QED) is 0.719. The number of methoxy groups -OCH3 is 1. The molecule has 0 saturated carbocycles. The monoisotopic (exact) mass is 294 g/mol. The zero-order chi connectivity index (χ0) is 15.7. The summed E-state index contributed by atoms with van der Waals surface area (Å²) >= 11 is 0. The van der Waals surface area contributed by atoms with Crippen molar-refractivity contribution in [3.05, 3.63) is 29.8 Å². The zero-order valence-corrected chi connectivity index (χ0v) is 12.5. The van der Waals surface area contributed by atoms with Crippen LogP contribution in [0.25, 0.3) is 0 Å². The third kappa shape index (κ3) is 6.27. The highest BCUT2D eigenvalue weighted by Crippen LogP contribution is 2.15. The topological polar surface area (TPSA) is 78.9 Å². The summed E-state index contributed by atoms with van der Waals surface area (Å²) in [5.74, 6) is -1.05. The van der Waals surface area contributed by atoms with E-state index >= 15 is 0 Å². The van der Waals surface area contributed by atoms with Gasteiger partial charge < -0.3 is 15.2 Å². The first kappa shape index (κ1) is 17.0. The number of hydrogen-bond acceptors (Lipinski definition) is 3. The number of unbranched alkanes of at least 4 members (excludes halogenated alkanes) is 1. The van der Waals surface area contributed by atoms with Crippen LogP contribution in [0, 0.1) is 6.92 Å². The highest BCUT2D eigenvalue weighted by Gasteiger charge is 2.18. The van der Waals surface area contributed by atoms with Gasteiger partial charge in [-0.1, -0.05) is 17.7 Å². The third-order valence-electron chi connectivity index (χ3n) is 2.94. The Labute approximate surface area is 124 Å². The molecule has 0 aliphatic rings. The van der Waals surface area contributed by atoms with Crippen molar-refractivity contribution in [3.63, 3.8) is 0 Å². The predicted molar refractivity (Wildman–Crippen MR) is 80.7 cm³/mol. The molecule has 0 aliphatic carbocycles. The molecule has 1 aromatic carbocycles. The van der Waals surface area contributed by atoms with E-state index in [0.29, 0.717) is 18.8 Å². The number of aryl methyl sites for hydroxylation is 1.